The molecular weight excluding hydrogens is 542 g/mol. The van der Waals surface area contributed by atoms with Crippen LogP contribution in [-0.2, 0) is 0 Å². The molecule has 0 aliphatic carbocycles. The van der Waals surface area contributed by atoms with Gasteiger partial charge >= 0.3 is 0 Å². The van der Waals surface area contributed by atoms with E-state index in [1.807, 2.05) is 48.5 Å². The van der Waals surface area contributed by atoms with Crippen LogP contribution in [0.25, 0.3) is 83.7 Å². The number of fused-ring (bicyclic) bond motifs is 5. The quantitative estimate of drug-likeness (QED) is 0.212. The van der Waals surface area contributed by atoms with E-state index in [9.17, 15) is 0 Å². The molecular formula is C39H25N3O2. The average Bonchev–Trinajstić information content (AvgIpc) is 3.78. The van der Waals surface area contributed by atoms with Gasteiger partial charge in [-0.05, 0) is 90.8 Å². The Kier molecular flexibility index (Phi) is 5.34. The van der Waals surface area contributed by atoms with Crippen LogP contribution in [0.4, 0.5) is 0 Å². The summed E-state index contributed by atoms with van der Waals surface area (Å²) in [5.41, 5.74) is 12.0. The third-order valence-electron chi connectivity index (χ3n) is 8.34. The fraction of sp³-hybridized carbons (Fsp3) is 0.0256. The summed E-state index contributed by atoms with van der Waals surface area (Å²) in [5, 5.41) is 2.19. The minimum absolute atomic E-state index is 0.602. The zero-order chi connectivity index (χ0) is 29.2. The van der Waals surface area contributed by atoms with Gasteiger partial charge in [0.15, 0.2) is 11.2 Å². The summed E-state index contributed by atoms with van der Waals surface area (Å²) in [6.07, 6.45) is 0. The summed E-state index contributed by atoms with van der Waals surface area (Å²) in [6.45, 7) is 2.11. The minimum Gasteiger partial charge on any atom is -0.436 e. The molecule has 3 heterocycles. The molecule has 0 bridgehead atoms. The van der Waals surface area contributed by atoms with Crippen molar-refractivity contribution in [2.45, 2.75) is 6.92 Å². The molecule has 3 aromatic heterocycles. The molecule has 0 aliphatic heterocycles. The first-order valence-electron chi connectivity index (χ1n) is 14.7. The van der Waals surface area contributed by atoms with E-state index in [1.54, 1.807) is 0 Å². The van der Waals surface area contributed by atoms with E-state index >= 15 is 0 Å². The molecule has 0 spiro atoms. The number of benzene rings is 6. The van der Waals surface area contributed by atoms with Crippen molar-refractivity contribution in [3.63, 3.8) is 0 Å². The highest BCUT2D eigenvalue weighted by Gasteiger charge is 2.18. The third kappa shape index (κ3) is 3.94. The van der Waals surface area contributed by atoms with E-state index in [0.717, 1.165) is 60.8 Å². The Labute approximate surface area is 252 Å². The van der Waals surface area contributed by atoms with Gasteiger partial charge in [0, 0.05) is 27.6 Å². The van der Waals surface area contributed by atoms with Crippen molar-refractivity contribution in [1.82, 2.24) is 14.5 Å². The molecule has 9 rings (SSSR count). The fourth-order valence-electron chi connectivity index (χ4n) is 6.13. The summed E-state index contributed by atoms with van der Waals surface area (Å²) in [5.74, 6) is 1.20. The lowest BCUT2D eigenvalue weighted by atomic mass is 10.0. The SMILES string of the molecule is Cc1ccc(-c2cccc(-n3c4ccc(-c5nc6ccccc6o5)cc4c4cc(-c5nc6ccccc6o5)ccc43)c2)cc1. The zero-order valence-corrected chi connectivity index (χ0v) is 23.9. The predicted octanol–water partition coefficient (Wildman–Crippen LogP) is 10.4. The molecule has 5 heteroatoms. The van der Waals surface area contributed by atoms with Crippen LogP contribution >= 0.6 is 0 Å². The lowest BCUT2D eigenvalue weighted by Crippen LogP contribution is -1.94. The normalized spacial score (nSPS) is 11.8. The molecule has 0 atom stereocenters. The van der Waals surface area contributed by atoms with Crippen molar-refractivity contribution in [3.05, 3.63) is 139 Å². The molecule has 44 heavy (non-hydrogen) atoms. The van der Waals surface area contributed by atoms with Gasteiger partial charge in [-0.15, -0.1) is 0 Å². The number of nitrogens with zero attached hydrogens (tertiary/aromatic N) is 3. The second kappa shape index (κ2) is 9.54. The van der Waals surface area contributed by atoms with Crippen LogP contribution in [0.15, 0.2) is 142 Å². The molecule has 0 aliphatic rings. The largest absolute Gasteiger partial charge is 0.436 e. The van der Waals surface area contributed by atoms with Crippen LogP contribution in [0.3, 0.4) is 0 Å². The molecule has 0 saturated heterocycles. The Bertz CT molecular complexity index is 2320. The van der Waals surface area contributed by atoms with Crippen LogP contribution in [-0.4, -0.2) is 14.5 Å². The molecule has 0 amide bonds. The number of oxazole rings is 2. The third-order valence-corrected chi connectivity index (χ3v) is 8.34. The Balaban J connectivity index is 1.28. The summed E-state index contributed by atoms with van der Waals surface area (Å²) in [4.78, 5) is 9.55. The number of aromatic nitrogens is 3. The highest BCUT2D eigenvalue weighted by molar-refractivity contribution is 6.11. The lowest BCUT2D eigenvalue weighted by Gasteiger charge is -2.11. The van der Waals surface area contributed by atoms with Crippen LogP contribution in [0, 0.1) is 6.92 Å². The Morgan fingerprint density at radius 2 is 1.02 bits per heavy atom. The van der Waals surface area contributed by atoms with Crippen LogP contribution in [0.2, 0.25) is 0 Å². The van der Waals surface area contributed by atoms with E-state index in [-0.39, 0.29) is 0 Å². The van der Waals surface area contributed by atoms with Crippen molar-refractivity contribution in [2.24, 2.45) is 0 Å². The van der Waals surface area contributed by atoms with Gasteiger partial charge in [0.2, 0.25) is 11.8 Å². The van der Waals surface area contributed by atoms with Gasteiger partial charge in [0.25, 0.3) is 0 Å². The number of aryl methyl sites for hydroxylation is 1. The van der Waals surface area contributed by atoms with Gasteiger partial charge in [-0.25, -0.2) is 9.97 Å². The maximum absolute atomic E-state index is 6.16. The summed E-state index contributed by atoms with van der Waals surface area (Å²) < 4.78 is 14.7. The second-order valence-corrected chi connectivity index (χ2v) is 11.2. The first-order valence-corrected chi connectivity index (χ1v) is 14.7. The fourth-order valence-corrected chi connectivity index (χ4v) is 6.13. The van der Waals surface area contributed by atoms with Gasteiger partial charge < -0.3 is 13.4 Å². The number of hydrogen-bond donors (Lipinski definition) is 0. The standard InChI is InChI=1S/C39H25N3O2/c1-24-13-15-25(16-14-24)26-7-6-8-29(21-26)42-34-19-17-27(38-40-32-9-2-4-11-36(32)43-38)22-30(34)31-23-28(18-20-35(31)42)39-41-33-10-3-5-12-37(33)44-39/h2-23H,1H3. The topological polar surface area (TPSA) is 57.0 Å². The molecule has 208 valence electrons. The lowest BCUT2D eigenvalue weighted by molar-refractivity contribution is 0.619. The monoisotopic (exact) mass is 567 g/mol. The Hall–Kier alpha value is -5.94. The maximum atomic E-state index is 6.16. The minimum atomic E-state index is 0.602. The van der Waals surface area contributed by atoms with Crippen molar-refractivity contribution in [3.8, 4) is 39.7 Å². The van der Waals surface area contributed by atoms with Crippen LogP contribution in [0.5, 0.6) is 0 Å². The van der Waals surface area contributed by atoms with Crippen LogP contribution < -0.4 is 0 Å². The van der Waals surface area contributed by atoms with Crippen molar-refractivity contribution >= 4 is 44.0 Å². The number of rotatable bonds is 4. The van der Waals surface area contributed by atoms with E-state index < -0.39 is 0 Å². The van der Waals surface area contributed by atoms with Gasteiger partial charge in [-0.2, -0.15) is 0 Å². The highest BCUT2D eigenvalue weighted by Crippen LogP contribution is 2.38. The molecule has 0 unspecified atom stereocenters. The summed E-state index contributed by atoms with van der Waals surface area (Å²) in [6, 6.07) is 46.0. The van der Waals surface area contributed by atoms with Gasteiger partial charge in [-0.1, -0.05) is 66.2 Å². The van der Waals surface area contributed by atoms with Crippen LogP contribution in [0.1, 0.15) is 5.56 Å². The first-order chi connectivity index (χ1) is 21.7. The van der Waals surface area contributed by atoms with Gasteiger partial charge in [-0.3, -0.25) is 0 Å². The predicted molar refractivity (Wildman–Crippen MR) is 177 cm³/mol. The zero-order valence-electron chi connectivity index (χ0n) is 23.9. The molecule has 0 saturated carbocycles. The maximum Gasteiger partial charge on any atom is 0.227 e. The molecule has 0 radical (unpaired) electrons. The van der Waals surface area contributed by atoms with Crippen molar-refractivity contribution in [2.75, 3.05) is 0 Å². The Morgan fingerprint density at radius 3 is 1.59 bits per heavy atom. The second-order valence-electron chi connectivity index (χ2n) is 11.2. The van der Waals surface area contributed by atoms with E-state index in [2.05, 4.69) is 96.4 Å². The molecule has 6 aromatic carbocycles. The van der Waals surface area contributed by atoms with E-state index in [4.69, 9.17) is 18.8 Å². The molecule has 5 nitrogen and oxygen atoms in total. The number of para-hydroxylation sites is 4. The molecule has 9 aromatic rings. The summed E-state index contributed by atoms with van der Waals surface area (Å²) >= 11 is 0. The van der Waals surface area contributed by atoms with Gasteiger partial charge in [0.1, 0.15) is 11.0 Å². The van der Waals surface area contributed by atoms with Crippen molar-refractivity contribution < 1.29 is 8.83 Å². The summed E-state index contributed by atoms with van der Waals surface area (Å²) in [7, 11) is 0. The van der Waals surface area contributed by atoms with Gasteiger partial charge in [0.05, 0.1) is 11.0 Å². The first kappa shape index (κ1) is 24.6. The highest BCUT2D eigenvalue weighted by atomic mass is 16.4. The molecule has 0 N–H and O–H groups in total. The van der Waals surface area contributed by atoms with E-state index in [0.29, 0.717) is 11.8 Å². The smallest absolute Gasteiger partial charge is 0.227 e. The van der Waals surface area contributed by atoms with E-state index in [1.165, 1.54) is 16.7 Å². The number of hydrogen-bond acceptors (Lipinski definition) is 4. The Morgan fingerprint density at radius 1 is 0.477 bits per heavy atom. The average molecular weight is 568 g/mol. The van der Waals surface area contributed by atoms with Crippen molar-refractivity contribution in [1.29, 1.82) is 0 Å². The molecule has 0 fully saturated rings.